The van der Waals surface area contributed by atoms with E-state index in [9.17, 15) is 0 Å². The lowest BCUT2D eigenvalue weighted by Gasteiger charge is -2.16. The molecule has 0 amide bonds. The summed E-state index contributed by atoms with van der Waals surface area (Å²) in [7, 11) is 0. The van der Waals surface area contributed by atoms with Crippen molar-refractivity contribution in [1.29, 1.82) is 5.41 Å². The number of thiazole rings is 1. The van der Waals surface area contributed by atoms with Gasteiger partial charge in [-0.1, -0.05) is 0 Å². The Labute approximate surface area is 88.3 Å². The second-order valence-corrected chi connectivity index (χ2v) is 4.08. The van der Waals surface area contributed by atoms with E-state index in [4.69, 9.17) is 11.1 Å². The number of nitrogens with one attached hydrogen (secondary N) is 1. The highest BCUT2D eigenvalue weighted by atomic mass is 32.1. The smallest absolute Gasteiger partial charge is 0.185 e. The Bertz CT molecular complexity index is 304. The molecule has 0 radical (unpaired) electrons. The van der Waals surface area contributed by atoms with Crippen molar-refractivity contribution in [3.8, 4) is 0 Å². The van der Waals surface area contributed by atoms with Gasteiger partial charge in [-0.2, -0.15) is 0 Å². The topological polar surface area (TPSA) is 66.0 Å². The van der Waals surface area contributed by atoms with Gasteiger partial charge in [0.2, 0.25) is 0 Å². The number of anilines is 1. The highest BCUT2D eigenvalue weighted by Crippen LogP contribution is 2.22. The zero-order valence-electron chi connectivity index (χ0n) is 8.58. The minimum absolute atomic E-state index is 0.194. The van der Waals surface area contributed by atoms with Crippen molar-refractivity contribution in [2.24, 2.45) is 5.73 Å². The van der Waals surface area contributed by atoms with Gasteiger partial charge in [0, 0.05) is 30.6 Å². The quantitative estimate of drug-likeness (QED) is 0.573. The summed E-state index contributed by atoms with van der Waals surface area (Å²) in [6.07, 6.45) is 2.32. The fourth-order valence-electron chi connectivity index (χ4n) is 1.21. The second-order valence-electron chi connectivity index (χ2n) is 2.98. The van der Waals surface area contributed by atoms with Crippen molar-refractivity contribution in [3.63, 3.8) is 0 Å². The molecule has 0 aliphatic carbocycles. The molecule has 0 aliphatic rings. The number of rotatable bonds is 5. The molecule has 78 valence electrons. The molecule has 1 heterocycles. The summed E-state index contributed by atoms with van der Waals surface area (Å²) in [5.41, 5.74) is 5.32. The Hall–Kier alpha value is -1.10. The number of amidine groups is 1. The number of hydrogen-bond donors (Lipinski definition) is 2. The molecule has 0 saturated carbocycles. The molecule has 0 fully saturated rings. The third kappa shape index (κ3) is 2.70. The highest BCUT2D eigenvalue weighted by molar-refractivity contribution is 7.15. The molecule has 0 spiro atoms. The van der Waals surface area contributed by atoms with E-state index in [0.717, 1.165) is 23.1 Å². The molecular weight excluding hydrogens is 196 g/mol. The fourth-order valence-corrected chi connectivity index (χ4v) is 2.27. The van der Waals surface area contributed by atoms with E-state index in [1.807, 2.05) is 0 Å². The van der Waals surface area contributed by atoms with E-state index in [1.165, 1.54) is 0 Å². The summed E-state index contributed by atoms with van der Waals surface area (Å²) in [6, 6.07) is 0. The Morgan fingerprint density at radius 2 is 2.21 bits per heavy atom. The van der Waals surface area contributed by atoms with E-state index in [0.29, 0.717) is 6.42 Å². The molecule has 0 atom stereocenters. The van der Waals surface area contributed by atoms with Gasteiger partial charge in [-0.05, 0) is 13.8 Å². The van der Waals surface area contributed by atoms with Crippen molar-refractivity contribution in [2.45, 2.75) is 20.3 Å². The third-order valence-corrected chi connectivity index (χ3v) is 3.00. The molecular formula is C9H16N4S. The molecule has 0 aromatic carbocycles. The Balaban J connectivity index is 2.71. The first-order valence-corrected chi connectivity index (χ1v) is 5.51. The summed E-state index contributed by atoms with van der Waals surface area (Å²) in [5, 5.41) is 8.20. The van der Waals surface area contributed by atoms with Gasteiger partial charge in [-0.15, -0.1) is 11.3 Å². The van der Waals surface area contributed by atoms with Crippen molar-refractivity contribution in [1.82, 2.24) is 4.98 Å². The van der Waals surface area contributed by atoms with Crippen molar-refractivity contribution in [3.05, 3.63) is 11.1 Å². The summed E-state index contributed by atoms with van der Waals surface area (Å²) in [4.78, 5) is 7.55. The van der Waals surface area contributed by atoms with Gasteiger partial charge >= 0.3 is 0 Å². The predicted octanol–water partition coefficient (Wildman–Crippen LogP) is 1.47. The number of nitrogens with two attached hydrogens (primary N) is 1. The zero-order chi connectivity index (χ0) is 10.6. The standard InChI is InChI=1S/C9H16N4S/c1-3-13(4-2)9-12-6-7(14-9)5-8(10)11/h6H,3-5H2,1-2H3,(H3,10,11). The summed E-state index contributed by atoms with van der Waals surface area (Å²) < 4.78 is 0. The first-order valence-electron chi connectivity index (χ1n) is 4.69. The molecule has 1 rings (SSSR count). The minimum Gasteiger partial charge on any atom is -0.387 e. The maximum absolute atomic E-state index is 7.18. The molecule has 0 bridgehead atoms. The lowest BCUT2D eigenvalue weighted by Crippen LogP contribution is -2.21. The predicted molar refractivity (Wildman–Crippen MR) is 61.3 cm³/mol. The molecule has 0 aliphatic heterocycles. The monoisotopic (exact) mass is 212 g/mol. The van der Waals surface area contributed by atoms with Gasteiger partial charge in [-0.3, -0.25) is 5.41 Å². The van der Waals surface area contributed by atoms with Crippen LogP contribution in [0.25, 0.3) is 0 Å². The van der Waals surface area contributed by atoms with Gasteiger partial charge in [0.1, 0.15) is 0 Å². The molecule has 14 heavy (non-hydrogen) atoms. The molecule has 5 heteroatoms. The van der Waals surface area contributed by atoms with Crippen molar-refractivity contribution in [2.75, 3.05) is 18.0 Å². The van der Waals surface area contributed by atoms with E-state index in [2.05, 4.69) is 23.7 Å². The van der Waals surface area contributed by atoms with Crippen LogP contribution in [0.2, 0.25) is 0 Å². The van der Waals surface area contributed by atoms with Gasteiger partial charge in [-0.25, -0.2) is 4.98 Å². The average Bonchev–Trinajstić information content (AvgIpc) is 2.54. The van der Waals surface area contributed by atoms with Crippen LogP contribution in [0, 0.1) is 5.41 Å². The van der Waals surface area contributed by atoms with Crippen LogP contribution in [0.3, 0.4) is 0 Å². The highest BCUT2D eigenvalue weighted by Gasteiger charge is 2.07. The molecule has 3 N–H and O–H groups in total. The maximum Gasteiger partial charge on any atom is 0.185 e. The van der Waals surface area contributed by atoms with Crippen molar-refractivity contribution < 1.29 is 0 Å². The average molecular weight is 212 g/mol. The van der Waals surface area contributed by atoms with E-state index in [1.54, 1.807) is 17.5 Å². The van der Waals surface area contributed by atoms with Crippen LogP contribution in [-0.4, -0.2) is 23.9 Å². The van der Waals surface area contributed by atoms with Crippen molar-refractivity contribution >= 4 is 22.3 Å². The Morgan fingerprint density at radius 1 is 1.57 bits per heavy atom. The molecule has 0 saturated heterocycles. The Kier molecular flexibility index (Phi) is 3.88. The van der Waals surface area contributed by atoms with E-state index >= 15 is 0 Å². The normalized spacial score (nSPS) is 10.1. The van der Waals surface area contributed by atoms with Crippen LogP contribution in [0.4, 0.5) is 5.13 Å². The number of nitrogens with zero attached hydrogens (tertiary/aromatic N) is 2. The van der Waals surface area contributed by atoms with E-state index in [-0.39, 0.29) is 5.84 Å². The fraction of sp³-hybridized carbons (Fsp3) is 0.556. The van der Waals surface area contributed by atoms with Gasteiger partial charge < -0.3 is 10.6 Å². The van der Waals surface area contributed by atoms with Crippen LogP contribution < -0.4 is 10.6 Å². The summed E-state index contributed by atoms with van der Waals surface area (Å²) in [5.74, 6) is 0.194. The molecule has 0 unspecified atom stereocenters. The first-order chi connectivity index (χ1) is 6.67. The van der Waals surface area contributed by atoms with E-state index < -0.39 is 0 Å². The third-order valence-electron chi connectivity index (χ3n) is 1.94. The molecule has 1 aromatic rings. The SMILES string of the molecule is CCN(CC)c1ncc(CC(=N)N)s1. The van der Waals surface area contributed by atoms with Crippen LogP contribution in [0.15, 0.2) is 6.20 Å². The summed E-state index contributed by atoms with van der Waals surface area (Å²) >= 11 is 1.61. The zero-order valence-corrected chi connectivity index (χ0v) is 9.40. The first kappa shape index (κ1) is 11.0. The van der Waals surface area contributed by atoms with Crippen LogP contribution in [0.5, 0.6) is 0 Å². The molecule has 4 nitrogen and oxygen atoms in total. The molecule has 1 aromatic heterocycles. The Morgan fingerprint density at radius 3 is 2.71 bits per heavy atom. The van der Waals surface area contributed by atoms with Gasteiger partial charge in [0.15, 0.2) is 5.13 Å². The number of hydrogen-bond acceptors (Lipinski definition) is 4. The lowest BCUT2D eigenvalue weighted by molar-refractivity contribution is 0.860. The van der Waals surface area contributed by atoms with Crippen LogP contribution >= 0.6 is 11.3 Å². The largest absolute Gasteiger partial charge is 0.387 e. The maximum atomic E-state index is 7.18. The summed E-state index contributed by atoms with van der Waals surface area (Å²) in [6.45, 7) is 6.14. The van der Waals surface area contributed by atoms with Crippen LogP contribution in [-0.2, 0) is 6.42 Å². The number of aromatic nitrogens is 1. The van der Waals surface area contributed by atoms with Gasteiger partial charge in [0.05, 0.1) is 5.84 Å². The van der Waals surface area contributed by atoms with Gasteiger partial charge in [0.25, 0.3) is 0 Å². The lowest BCUT2D eigenvalue weighted by atomic mass is 10.4. The minimum atomic E-state index is 0.194. The second kappa shape index (κ2) is 4.95. The van der Waals surface area contributed by atoms with Crippen LogP contribution in [0.1, 0.15) is 18.7 Å².